The summed E-state index contributed by atoms with van der Waals surface area (Å²) < 4.78 is 1.04. The van der Waals surface area contributed by atoms with Gasteiger partial charge in [-0.1, -0.05) is 41.9 Å². The number of nitrogens with zero attached hydrogens (tertiary/aromatic N) is 1. The zero-order chi connectivity index (χ0) is 14.7. The van der Waals surface area contributed by atoms with Crippen LogP contribution in [-0.4, -0.2) is 4.92 Å². The summed E-state index contributed by atoms with van der Waals surface area (Å²) in [6, 6.07) is 12.0. The molecule has 0 radical (unpaired) electrons. The third kappa shape index (κ3) is 3.55. The second-order valence-corrected chi connectivity index (χ2v) is 6.72. The highest BCUT2D eigenvalue weighted by Crippen LogP contribution is 2.31. The molecule has 3 nitrogen and oxygen atoms in total. The molecule has 0 unspecified atom stereocenters. The van der Waals surface area contributed by atoms with E-state index in [1.807, 2.05) is 50.2 Å². The Hall–Kier alpha value is -1.46. The van der Waals surface area contributed by atoms with E-state index >= 15 is 0 Å². The van der Waals surface area contributed by atoms with E-state index in [9.17, 15) is 10.1 Å². The second-order valence-electron chi connectivity index (χ2n) is 4.69. The molecule has 1 aromatic carbocycles. The van der Waals surface area contributed by atoms with Crippen LogP contribution in [0.1, 0.15) is 18.7 Å². The minimum Gasteiger partial charge on any atom is -0.259 e. The molecule has 0 atom stereocenters. The van der Waals surface area contributed by atoms with Crippen molar-refractivity contribution in [3.63, 3.8) is 0 Å². The lowest BCUT2D eigenvalue weighted by Gasteiger charge is -2.00. The van der Waals surface area contributed by atoms with Gasteiger partial charge in [0.15, 0.2) is 0 Å². The van der Waals surface area contributed by atoms with Gasteiger partial charge in [0, 0.05) is 26.2 Å². The number of thiophene rings is 1. The van der Waals surface area contributed by atoms with E-state index in [1.54, 1.807) is 17.4 Å². The van der Waals surface area contributed by atoms with Gasteiger partial charge >= 0.3 is 0 Å². The molecule has 2 aromatic rings. The summed E-state index contributed by atoms with van der Waals surface area (Å²) in [4.78, 5) is 12.7. The smallest absolute Gasteiger partial charge is 0.250 e. The fourth-order valence-corrected chi connectivity index (χ4v) is 3.00. The molecular formula is C15H14BrNO2S. The molecule has 0 aliphatic carbocycles. The molecule has 0 saturated heterocycles. The summed E-state index contributed by atoms with van der Waals surface area (Å²) in [5, 5.41) is 11.0. The topological polar surface area (TPSA) is 43.1 Å². The molecule has 0 fully saturated rings. The fourth-order valence-electron chi connectivity index (χ4n) is 1.78. The van der Waals surface area contributed by atoms with E-state index < -0.39 is 0 Å². The van der Waals surface area contributed by atoms with Crippen LogP contribution in [0.3, 0.4) is 0 Å². The van der Waals surface area contributed by atoms with Crippen LogP contribution in [0, 0.1) is 16.0 Å². The largest absolute Gasteiger partial charge is 0.259 e. The molecule has 0 aliphatic rings. The molecule has 20 heavy (non-hydrogen) atoms. The summed E-state index contributed by atoms with van der Waals surface area (Å²) in [7, 11) is 0. The van der Waals surface area contributed by atoms with Crippen LogP contribution >= 0.6 is 27.3 Å². The average molecular weight is 352 g/mol. The first-order valence-electron chi connectivity index (χ1n) is 6.19. The van der Waals surface area contributed by atoms with E-state index in [4.69, 9.17) is 0 Å². The van der Waals surface area contributed by atoms with Crippen LogP contribution in [-0.2, 0) is 0 Å². The molecular weight excluding hydrogens is 338 g/mol. The summed E-state index contributed by atoms with van der Waals surface area (Å²) in [5.74, 6) is -0.0942. The summed E-state index contributed by atoms with van der Waals surface area (Å²) >= 11 is 4.97. The van der Waals surface area contributed by atoms with Crippen molar-refractivity contribution < 1.29 is 4.92 Å². The Morgan fingerprint density at radius 3 is 2.45 bits per heavy atom. The molecule has 0 aliphatic heterocycles. The summed E-state index contributed by atoms with van der Waals surface area (Å²) in [6.45, 7) is 3.66. The highest BCUT2D eigenvalue weighted by atomic mass is 79.9. The van der Waals surface area contributed by atoms with Crippen molar-refractivity contribution in [1.82, 2.24) is 0 Å². The Morgan fingerprint density at radius 2 is 1.90 bits per heavy atom. The Morgan fingerprint density at radius 1 is 1.25 bits per heavy atom. The first-order valence-corrected chi connectivity index (χ1v) is 7.80. The number of nitro groups is 1. The SMILES string of the molecule is CC(C)/C(=C/c1ccc(-c2ccc(Br)cc2)s1)[N+](=O)[O-]. The van der Waals surface area contributed by atoms with E-state index in [0.29, 0.717) is 0 Å². The van der Waals surface area contributed by atoms with Gasteiger partial charge in [-0.25, -0.2) is 0 Å². The normalized spacial score (nSPS) is 11.9. The van der Waals surface area contributed by atoms with Crippen molar-refractivity contribution in [3.05, 3.63) is 61.6 Å². The van der Waals surface area contributed by atoms with Crippen molar-refractivity contribution in [3.8, 4) is 10.4 Å². The van der Waals surface area contributed by atoms with Crippen LogP contribution in [0.5, 0.6) is 0 Å². The molecule has 0 amide bonds. The van der Waals surface area contributed by atoms with Crippen LogP contribution in [0.4, 0.5) is 0 Å². The zero-order valence-electron chi connectivity index (χ0n) is 11.2. The van der Waals surface area contributed by atoms with E-state index in [0.717, 1.165) is 19.8 Å². The monoisotopic (exact) mass is 351 g/mol. The van der Waals surface area contributed by atoms with E-state index in [2.05, 4.69) is 15.9 Å². The van der Waals surface area contributed by atoms with Crippen LogP contribution in [0.2, 0.25) is 0 Å². The Bertz CT molecular complexity index is 644. The van der Waals surface area contributed by atoms with Crippen LogP contribution < -0.4 is 0 Å². The van der Waals surface area contributed by atoms with Gasteiger partial charge in [-0.3, -0.25) is 10.1 Å². The number of rotatable bonds is 4. The lowest BCUT2D eigenvalue weighted by Crippen LogP contribution is -2.04. The van der Waals surface area contributed by atoms with E-state index in [1.165, 1.54) is 0 Å². The molecule has 2 rings (SSSR count). The first-order chi connectivity index (χ1) is 9.47. The minimum absolute atomic E-state index is 0.0942. The molecule has 0 saturated carbocycles. The highest BCUT2D eigenvalue weighted by molar-refractivity contribution is 9.10. The van der Waals surface area contributed by atoms with Gasteiger partial charge < -0.3 is 0 Å². The standard InChI is InChI=1S/C15H14BrNO2S/c1-10(2)14(17(18)19)9-13-7-8-15(20-13)11-3-5-12(16)6-4-11/h3-10H,1-2H3/b14-9-. The predicted molar refractivity (Wildman–Crippen MR) is 87.3 cm³/mol. The minimum atomic E-state index is -0.302. The maximum absolute atomic E-state index is 11.0. The van der Waals surface area contributed by atoms with Gasteiger partial charge in [0.25, 0.3) is 0 Å². The van der Waals surface area contributed by atoms with Crippen molar-refractivity contribution in [1.29, 1.82) is 0 Å². The van der Waals surface area contributed by atoms with Gasteiger partial charge in [0.05, 0.1) is 4.92 Å². The summed E-state index contributed by atoms with van der Waals surface area (Å²) in [6.07, 6.45) is 1.66. The van der Waals surface area contributed by atoms with Crippen molar-refractivity contribution >= 4 is 33.3 Å². The molecule has 5 heteroatoms. The second kappa shape index (κ2) is 6.33. The Balaban J connectivity index is 2.31. The number of halogens is 1. The third-order valence-corrected chi connectivity index (χ3v) is 4.46. The summed E-state index contributed by atoms with van der Waals surface area (Å²) in [5.41, 5.74) is 1.36. The van der Waals surface area contributed by atoms with Crippen molar-refractivity contribution in [2.45, 2.75) is 13.8 Å². The molecule has 1 heterocycles. The predicted octanol–water partition coefficient (Wildman–Crippen LogP) is 5.45. The molecule has 1 aromatic heterocycles. The number of hydrogen-bond donors (Lipinski definition) is 0. The van der Waals surface area contributed by atoms with Gasteiger partial charge in [0.1, 0.15) is 0 Å². The molecule has 0 spiro atoms. The molecule has 104 valence electrons. The van der Waals surface area contributed by atoms with Gasteiger partial charge in [-0.05, 0) is 29.8 Å². The van der Waals surface area contributed by atoms with Gasteiger partial charge in [0.2, 0.25) is 5.70 Å². The Kier molecular flexibility index (Phi) is 4.73. The maximum atomic E-state index is 11.0. The lowest BCUT2D eigenvalue weighted by atomic mass is 10.1. The first kappa shape index (κ1) is 14.9. The highest BCUT2D eigenvalue weighted by Gasteiger charge is 2.16. The van der Waals surface area contributed by atoms with E-state index in [-0.39, 0.29) is 16.5 Å². The van der Waals surface area contributed by atoms with Gasteiger partial charge in [-0.2, -0.15) is 0 Å². The average Bonchev–Trinajstić information content (AvgIpc) is 2.84. The van der Waals surface area contributed by atoms with Crippen molar-refractivity contribution in [2.75, 3.05) is 0 Å². The number of benzene rings is 1. The molecule has 0 N–H and O–H groups in total. The van der Waals surface area contributed by atoms with Gasteiger partial charge in [-0.15, -0.1) is 11.3 Å². The zero-order valence-corrected chi connectivity index (χ0v) is 13.6. The maximum Gasteiger partial charge on any atom is 0.250 e. The van der Waals surface area contributed by atoms with Crippen LogP contribution in [0.25, 0.3) is 16.5 Å². The quantitative estimate of drug-likeness (QED) is 0.542. The molecule has 0 bridgehead atoms. The Labute approximate surface area is 130 Å². The lowest BCUT2D eigenvalue weighted by molar-refractivity contribution is -0.431. The fraction of sp³-hybridized carbons (Fsp3) is 0.200. The number of allylic oxidation sites excluding steroid dienone is 1. The third-order valence-electron chi connectivity index (χ3n) is 2.85. The van der Waals surface area contributed by atoms with Crippen LogP contribution in [0.15, 0.2) is 46.6 Å². The van der Waals surface area contributed by atoms with Crippen molar-refractivity contribution in [2.24, 2.45) is 5.92 Å². The number of hydrogen-bond acceptors (Lipinski definition) is 3.